The second-order valence-corrected chi connectivity index (χ2v) is 9.58. The summed E-state index contributed by atoms with van der Waals surface area (Å²) >= 11 is 7.76. The number of halogens is 1. The Balaban J connectivity index is 1.24. The third-order valence-electron chi connectivity index (χ3n) is 5.96. The average molecular weight is 481 g/mol. The molecule has 2 aromatic carbocycles. The highest BCUT2D eigenvalue weighted by Gasteiger charge is 2.42. The molecule has 1 aliphatic carbocycles. The summed E-state index contributed by atoms with van der Waals surface area (Å²) in [6.45, 7) is 0.0963. The lowest BCUT2D eigenvalue weighted by molar-refractivity contribution is -0.150. The minimum absolute atomic E-state index is 0.0963. The molecule has 168 valence electrons. The van der Waals surface area contributed by atoms with Crippen LogP contribution in [0, 0.1) is 5.41 Å². The molecule has 5 rings (SSSR count). The molecule has 1 saturated carbocycles. The first-order chi connectivity index (χ1) is 16.0. The summed E-state index contributed by atoms with van der Waals surface area (Å²) in [6, 6.07) is 13.8. The van der Waals surface area contributed by atoms with Gasteiger partial charge in [-0.2, -0.15) is 0 Å². The monoisotopic (exact) mass is 480 g/mol. The number of carboxylic acids is 1. The zero-order valence-electron chi connectivity index (χ0n) is 17.6. The maximum Gasteiger partial charge on any atom is 0.316 e. The number of hydrogen-bond acceptors (Lipinski definition) is 7. The molecule has 2 aromatic heterocycles. The van der Waals surface area contributed by atoms with Gasteiger partial charge in [-0.1, -0.05) is 54.0 Å². The van der Waals surface area contributed by atoms with Gasteiger partial charge in [0, 0.05) is 23.6 Å². The lowest BCUT2D eigenvalue weighted by atomic mass is 9.87. The molecular formula is C24H21ClN4O3S. The molecule has 0 saturated heterocycles. The van der Waals surface area contributed by atoms with E-state index >= 15 is 0 Å². The van der Waals surface area contributed by atoms with Gasteiger partial charge in [0.05, 0.1) is 9.72 Å². The first-order valence-electron chi connectivity index (χ1n) is 10.6. The van der Waals surface area contributed by atoms with E-state index in [9.17, 15) is 9.90 Å². The molecule has 1 aliphatic rings. The van der Waals surface area contributed by atoms with Crippen LogP contribution < -0.4 is 10.1 Å². The van der Waals surface area contributed by atoms with Crippen LogP contribution in [0.3, 0.4) is 0 Å². The van der Waals surface area contributed by atoms with Crippen molar-refractivity contribution >= 4 is 49.9 Å². The summed E-state index contributed by atoms with van der Waals surface area (Å²) in [5.41, 5.74) is 2.68. The number of rotatable bonds is 7. The van der Waals surface area contributed by atoms with Crippen LogP contribution in [0.25, 0.3) is 21.3 Å². The van der Waals surface area contributed by atoms with E-state index < -0.39 is 11.4 Å². The fourth-order valence-corrected chi connectivity index (χ4v) is 5.24. The summed E-state index contributed by atoms with van der Waals surface area (Å²) in [7, 11) is 0. The Bertz CT molecular complexity index is 1290. The maximum absolute atomic E-state index is 11.7. The van der Waals surface area contributed by atoms with E-state index in [1.165, 1.54) is 0 Å². The van der Waals surface area contributed by atoms with Crippen LogP contribution >= 0.6 is 22.9 Å². The number of para-hydroxylation sites is 1. The summed E-state index contributed by atoms with van der Waals surface area (Å²) in [6.07, 6.45) is 6.45. The number of nitrogens with one attached hydrogen (secondary N) is 1. The third kappa shape index (κ3) is 4.49. The number of fused-ring (bicyclic) bond motifs is 1. The fraction of sp³-hybridized carbons (Fsp3) is 0.250. The van der Waals surface area contributed by atoms with E-state index in [1.54, 1.807) is 23.7 Å². The average Bonchev–Trinajstić information content (AvgIpc) is 3.47. The Morgan fingerprint density at radius 2 is 1.82 bits per heavy atom. The molecule has 9 heteroatoms. The molecule has 0 amide bonds. The highest BCUT2D eigenvalue weighted by atomic mass is 35.5. The number of carboxylic acid groups (broad SMARTS) is 1. The van der Waals surface area contributed by atoms with E-state index in [0.717, 1.165) is 45.0 Å². The number of nitrogens with zero attached hydrogens (tertiary/aromatic N) is 3. The van der Waals surface area contributed by atoms with E-state index in [4.69, 9.17) is 16.3 Å². The number of benzene rings is 2. The van der Waals surface area contributed by atoms with Crippen LogP contribution in [0.4, 0.5) is 10.8 Å². The van der Waals surface area contributed by atoms with Crippen molar-refractivity contribution in [3.63, 3.8) is 0 Å². The van der Waals surface area contributed by atoms with Gasteiger partial charge in [0.2, 0.25) is 0 Å². The van der Waals surface area contributed by atoms with Gasteiger partial charge >= 0.3 is 12.0 Å². The summed E-state index contributed by atoms with van der Waals surface area (Å²) in [5, 5.41) is 14.3. The van der Waals surface area contributed by atoms with Gasteiger partial charge in [-0.3, -0.25) is 4.79 Å². The fourth-order valence-electron chi connectivity index (χ4n) is 4.05. The number of hydrogen-bond donors (Lipinski definition) is 2. The number of ether oxygens (including phenoxy) is 1. The van der Waals surface area contributed by atoms with Crippen LogP contribution in [0.2, 0.25) is 5.02 Å². The van der Waals surface area contributed by atoms with Crippen LogP contribution in [0.1, 0.15) is 25.7 Å². The Kier molecular flexibility index (Phi) is 5.86. The molecule has 0 unspecified atom stereocenters. The quantitative estimate of drug-likeness (QED) is 0.326. The van der Waals surface area contributed by atoms with Crippen molar-refractivity contribution in [1.29, 1.82) is 0 Å². The molecule has 0 spiro atoms. The highest BCUT2D eigenvalue weighted by Crippen LogP contribution is 2.38. The SMILES string of the molecule is O=C(O)C1(COc2ncc(-c3ccc(Nc4nc5c(Cl)cccc5s4)cc3)cn2)CCCC1. The van der Waals surface area contributed by atoms with Crippen molar-refractivity contribution in [2.24, 2.45) is 5.41 Å². The van der Waals surface area contributed by atoms with Crippen LogP contribution in [-0.4, -0.2) is 32.6 Å². The van der Waals surface area contributed by atoms with E-state index in [2.05, 4.69) is 20.3 Å². The molecule has 0 radical (unpaired) electrons. The van der Waals surface area contributed by atoms with Crippen molar-refractivity contribution < 1.29 is 14.6 Å². The number of aromatic nitrogens is 3. The van der Waals surface area contributed by atoms with Gasteiger partial charge in [-0.15, -0.1) is 0 Å². The number of carbonyl (C=O) groups is 1. The van der Waals surface area contributed by atoms with Gasteiger partial charge < -0.3 is 15.2 Å². The zero-order valence-corrected chi connectivity index (χ0v) is 19.2. The normalized spacial score (nSPS) is 14.9. The minimum Gasteiger partial charge on any atom is -0.481 e. The maximum atomic E-state index is 11.7. The van der Waals surface area contributed by atoms with Crippen molar-refractivity contribution in [2.75, 3.05) is 11.9 Å². The molecule has 2 heterocycles. The van der Waals surface area contributed by atoms with Gasteiger partial charge in [0.15, 0.2) is 5.13 Å². The zero-order chi connectivity index (χ0) is 22.8. The predicted octanol–water partition coefficient (Wildman–Crippen LogP) is 6.17. The van der Waals surface area contributed by atoms with Gasteiger partial charge in [-0.05, 0) is 42.7 Å². The number of thiazole rings is 1. The second kappa shape index (κ2) is 8.96. The second-order valence-electron chi connectivity index (χ2n) is 8.14. The van der Waals surface area contributed by atoms with Gasteiger partial charge in [0.1, 0.15) is 17.5 Å². The summed E-state index contributed by atoms with van der Waals surface area (Å²) in [5.74, 6) is -0.806. The molecule has 0 atom stereocenters. The Hall–Kier alpha value is -3.23. The van der Waals surface area contributed by atoms with Crippen LogP contribution in [0.5, 0.6) is 6.01 Å². The van der Waals surface area contributed by atoms with E-state index in [1.807, 2.05) is 42.5 Å². The van der Waals surface area contributed by atoms with Gasteiger partial charge in [0.25, 0.3) is 0 Å². The van der Waals surface area contributed by atoms with Crippen molar-refractivity contribution in [3.05, 3.63) is 59.9 Å². The number of anilines is 2. The molecule has 33 heavy (non-hydrogen) atoms. The van der Waals surface area contributed by atoms with Crippen molar-refractivity contribution in [3.8, 4) is 17.1 Å². The van der Waals surface area contributed by atoms with Crippen LogP contribution in [-0.2, 0) is 4.79 Å². The molecule has 0 bridgehead atoms. The van der Waals surface area contributed by atoms with Gasteiger partial charge in [-0.25, -0.2) is 15.0 Å². The highest BCUT2D eigenvalue weighted by molar-refractivity contribution is 7.22. The summed E-state index contributed by atoms with van der Waals surface area (Å²) in [4.78, 5) is 24.7. The largest absolute Gasteiger partial charge is 0.481 e. The van der Waals surface area contributed by atoms with Crippen molar-refractivity contribution in [1.82, 2.24) is 15.0 Å². The van der Waals surface area contributed by atoms with Crippen LogP contribution in [0.15, 0.2) is 54.9 Å². The first-order valence-corrected chi connectivity index (χ1v) is 11.8. The molecular weight excluding hydrogens is 460 g/mol. The Morgan fingerprint density at radius 1 is 1.09 bits per heavy atom. The molecule has 0 aliphatic heterocycles. The smallest absolute Gasteiger partial charge is 0.316 e. The third-order valence-corrected chi connectivity index (χ3v) is 7.20. The lowest BCUT2D eigenvalue weighted by Crippen LogP contribution is -2.34. The predicted molar refractivity (Wildman–Crippen MR) is 129 cm³/mol. The molecule has 4 aromatic rings. The molecule has 7 nitrogen and oxygen atoms in total. The standard InChI is InChI=1S/C24H21ClN4O3S/c25-18-4-3-5-19-20(18)29-23(33-19)28-17-8-6-15(7-9-17)16-12-26-22(27-13-16)32-14-24(21(30)31)10-1-2-11-24/h3-9,12-13H,1-2,10-11,14H2,(H,28,29)(H,30,31). The van der Waals surface area contributed by atoms with Crippen molar-refractivity contribution in [2.45, 2.75) is 25.7 Å². The topological polar surface area (TPSA) is 97.2 Å². The van der Waals surface area contributed by atoms with E-state index in [-0.39, 0.29) is 12.6 Å². The minimum atomic E-state index is -0.820. The summed E-state index contributed by atoms with van der Waals surface area (Å²) < 4.78 is 6.67. The van der Waals surface area contributed by atoms with E-state index in [0.29, 0.717) is 17.9 Å². The lowest BCUT2D eigenvalue weighted by Gasteiger charge is -2.22. The number of aliphatic carboxylic acids is 1. The Morgan fingerprint density at radius 3 is 2.48 bits per heavy atom. The Labute approximate surface area is 199 Å². The molecule has 1 fully saturated rings. The molecule has 2 N–H and O–H groups in total. The first kappa shape index (κ1) is 21.6.